The van der Waals surface area contributed by atoms with Crippen molar-refractivity contribution in [3.05, 3.63) is 59.7 Å². The second-order valence-corrected chi connectivity index (χ2v) is 7.56. The number of halogens is 2. The Labute approximate surface area is 149 Å². The number of nitrogens with one attached hydrogen (secondary N) is 1. The number of rotatable bonds is 4. The summed E-state index contributed by atoms with van der Waals surface area (Å²) in [6, 6.07) is 8.27. The first-order chi connectivity index (χ1) is 12.4. The Balaban J connectivity index is 1.82. The van der Waals surface area contributed by atoms with E-state index in [1.807, 2.05) is 0 Å². The third kappa shape index (κ3) is 3.90. The van der Waals surface area contributed by atoms with Gasteiger partial charge >= 0.3 is 0 Å². The number of carbonyl (C=O) groups excluding carboxylic acids is 1. The highest BCUT2D eigenvalue weighted by molar-refractivity contribution is 7.89. The minimum absolute atomic E-state index is 0.0109. The van der Waals surface area contributed by atoms with Gasteiger partial charge in [0.15, 0.2) is 0 Å². The van der Waals surface area contributed by atoms with Crippen LogP contribution in [0.15, 0.2) is 47.4 Å². The highest BCUT2D eigenvalue weighted by Gasteiger charge is 2.26. The Bertz CT molecular complexity index is 928. The van der Waals surface area contributed by atoms with E-state index in [-0.39, 0.29) is 29.2 Å². The van der Waals surface area contributed by atoms with Gasteiger partial charge in [0.05, 0.1) is 23.7 Å². The highest BCUT2D eigenvalue weighted by atomic mass is 32.2. The molecule has 1 fully saturated rings. The Morgan fingerprint density at radius 2 is 1.81 bits per heavy atom. The normalized spacial score (nSPS) is 15.6. The zero-order valence-corrected chi connectivity index (χ0v) is 14.4. The van der Waals surface area contributed by atoms with Crippen molar-refractivity contribution in [1.82, 2.24) is 4.31 Å². The van der Waals surface area contributed by atoms with Crippen LogP contribution in [0.5, 0.6) is 0 Å². The molecule has 2 aromatic rings. The van der Waals surface area contributed by atoms with Crippen LogP contribution >= 0.6 is 0 Å². The van der Waals surface area contributed by atoms with Crippen LogP contribution in [0.2, 0.25) is 0 Å². The molecule has 0 saturated carbocycles. The number of nitrogens with zero attached hydrogens (tertiary/aromatic N) is 1. The maximum atomic E-state index is 13.7. The van der Waals surface area contributed by atoms with E-state index in [4.69, 9.17) is 4.74 Å². The van der Waals surface area contributed by atoms with Gasteiger partial charge in [-0.2, -0.15) is 4.31 Å². The predicted molar refractivity (Wildman–Crippen MR) is 90.3 cm³/mol. The summed E-state index contributed by atoms with van der Waals surface area (Å²) in [6.07, 6.45) is 0. The van der Waals surface area contributed by atoms with Gasteiger partial charge in [0.1, 0.15) is 11.6 Å². The molecule has 0 spiro atoms. The molecule has 0 unspecified atom stereocenters. The summed E-state index contributed by atoms with van der Waals surface area (Å²) in [4.78, 5) is 12.2. The number of sulfonamides is 1. The van der Waals surface area contributed by atoms with Crippen molar-refractivity contribution in [2.24, 2.45) is 0 Å². The molecule has 1 heterocycles. The molecule has 9 heteroatoms. The van der Waals surface area contributed by atoms with E-state index >= 15 is 0 Å². The summed E-state index contributed by atoms with van der Waals surface area (Å²) in [7, 11) is -3.72. The molecule has 6 nitrogen and oxygen atoms in total. The Morgan fingerprint density at radius 1 is 1.08 bits per heavy atom. The fraction of sp³-hybridized carbons (Fsp3) is 0.235. The number of carbonyl (C=O) groups is 1. The van der Waals surface area contributed by atoms with Gasteiger partial charge in [-0.3, -0.25) is 4.79 Å². The Kier molecular flexibility index (Phi) is 5.30. The van der Waals surface area contributed by atoms with Crippen molar-refractivity contribution < 1.29 is 26.7 Å². The lowest BCUT2D eigenvalue weighted by Gasteiger charge is -2.26. The van der Waals surface area contributed by atoms with Gasteiger partial charge < -0.3 is 10.1 Å². The second kappa shape index (κ2) is 7.48. The van der Waals surface area contributed by atoms with Crippen molar-refractivity contribution >= 4 is 21.6 Å². The van der Waals surface area contributed by atoms with E-state index in [0.29, 0.717) is 19.3 Å². The molecule has 3 rings (SSSR count). The van der Waals surface area contributed by atoms with Gasteiger partial charge in [-0.1, -0.05) is 6.07 Å². The second-order valence-electron chi connectivity index (χ2n) is 5.62. The van der Waals surface area contributed by atoms with Crippen LogP contribution in [-0.2, 0) is 14.8 Å². The number of anilines is 1. The minimum Gasteiger partial charge on any atom is -0.379 e. The maximum absolute atomic E-state index is 13.7. The molecule has 1 N–H and O–H groups in total. The Hall–Kier alpha value is -2.36. The number of benzene rings is 2. The van der Waals surface area contributed by atoms with Gasteiger partial charge in [0.25, 0.3) is 5.91 Å². The molecular weight excluding hydrogens is 366 g/mol. The van der Waals surface area contributed by atoms with Crippen LogP contribution in [0.4, 0.5) is 14.5 Å². The summed E-state index contributed by atoms with van der Waals surface area (Å²) in [5, 5.41) is 2.42. The van der Waals surface area contributed by atoms with Crippen LogP contribution < -0.4 is 5.32 Å². The van der Waals surface area contributed by atoms with E-state index in [2.05, 4.69) is 5.32 Å². The molecule has 1 saturated heterocycles. The fourth-order valence-corrected chi connectivity index (χ4v) is 4.00. The number of amides is 1. The van der Waals surface area contributed by atoms with Gasteiger partial charge in [-0.15, -0.1) is 0 Å². The standard InChI is InChI=1S/C17H16F2N2O4S/c18-12-4-5-15(16(19)10-12)17(22)20-13-2-1-3-14(11-13)26(23,24)21-6-8-25-9-7-21/h1-5,10-11H,6-9H2,(H,20,22). The highest BCUT2D eigenvalue weighted by Crippen LogP contribution is 2.21. The monoisotopic (exact) mass is 382 g/mol. The minimum atomic E-state index is -3.72. The third-order valence-electron chi connectivity index (χ3n) is 3.88. The quantitative estimate of drug-likeness (QED) is 0.880. The molecule has 0 atom stereocenters. The average Bonchev–Trinajstić information content (AvgIpc) is 2.62. The molecule has 2 aromatic carbocycles. The average molecular weight is 382 g/mol. The first kappa shape index (κ1) is 18.4. The van der Waals surface area contributed by atoms with Crippen LogP contribution in [0.3, 0.4) is 0 Å². The van der Waals surface area contributed by atoms with E-state index in [9.17, 15) is 22.0 Å². The SMILES string of the molecule is O=C(Nc1cccc(S(=O)(=O)N2CCOCC2)c1)c1ccc(F)cc1F. The van der Waals surface area contributed by atoms with E-state index in [1.165, 1.54) is 28.6 Å². The zero-order chi connectivity index (χ0) is 18.7. The molecule has 1 aliphatic heterocycles. The number of morpholine rings is 1. The van der Waals surface area contributed by atoms with Gasteiger partial charge in [-0.25, -0.2) is 17.2 Å². The molecule has 0 aromatic heterocycles. The largest absolute Gasteiger partial charge is 0.379 e. The number of hydrogen-bond acceptors (Lipinski definition) is 4. The van der Waals surface area contributed by atoms with E-state index < -0.39 is 27.6 Å². The summed E-state index contributed by atoms with van der Waals surface area (Å²) in [5.41, 5.74) is -0.152. The van der Waals surface area contributed by atoms with Gasteiger partial charge in [0.2, 0.25) is 10.0 Å². The van der Waals surface area contributed by atoms with Crippen molar-refractivity contribution in [2.45, 2.75) is 4.90 Å². The lowest BCUT2D eigenvalue weighted by molar-refractivity contribution is 0.0730. The topological polar surface area (TPSA) is 75.7 Å². The lowest BCUT2D eigenvalue weighted by atomic mass is 10.2. The van der Waals surface area contributed by atoms with Gasteiger partial charge in [-0.05, 0) is 30.3 Å². The van der Waals surface area contributed by atoms with Gasteiger partial charge in [0, 0.05) is 24.8 Å². The van der Waals surface area contributed by atoms with Crippen molar-refractivity contribution in [3.8, 4) is 0 Å². The molecular formula is C17H16F2N2O4S. The zero-order valence-electron chi connectivity index (χ0n) is 13.6. The van der Waals surface area contributed by atoms with Crippen LogP contribution in [0, 0.1) is 11.6 Å². The molecule has 138 valence electrons. The summed E-state index contributed by atoms with van der Waals surface area (Å²) < 4.78 is 58.4. The Morgan fingerprint density at radius 3 is 2.50 bits per heavy atom. The molecule has 0 bridgehead atoms. The van der Waals surface area contributed by atoms with Crippen molar-refractivity contribution in [2.75, 3.05) is 31.6 Å². The summed E-state index contributed by atoms with van der Waals surface area (Å²) in [5.74, 6) is -2.60. The maximum Gasteiger partial charge on any atom is 0.258 e. The predicted octanol–water partition coefficient (Wildman–Crippen LogP) is 2.24. The molecule has 1 amide bonds. The van der Waals surface area contributed by atoms with Crippen molar-refractivity contribution in [1.29, 1.82) is 0 Å². The fourth-order valence-electron chi connectivity index (χ4n) is 2.54. The lowest BCUT2D eigenvalue weighted by Crippen LogP contribution is -2.40. The third-order valence-corrected chi connectivity index (χ3v) is 5.77. The van der Waals surface area contributed by atoms with Crippen LogP contribution in [0.1, 0.15) is 10.4 Å². The van der Waals surface area contributed by atoms with Crippen LogP contribution in [0.25, 0.3) is 0 Å². The van der Waals surface area contributed by atoms with Crippen LogP contribution in [-0.4, -0.2) is 44.9 Å². The smallest absolute Gasteiger partial charge is 0.258 e. The molecule has 0 aliphatic carbocycles. The molecule has 26 heavy (non-hydrogen) atoms. The van der Waals surface area contributed by atoms with E-state index in [0.717, 1.165) is 12.1 Å². The number of hydrogen-bond donors (Lipinski definition) is 1. The summed E-state index contributed by atoms with van der Waals surface area (Å²) >= 11 is 0. The molecule has 0 radical (unpaired) electrons. The first-order valence-electron chi connectivity index (χ1n) is 7.82. The number of ether oxygens (including phenoxy) is 1. The van der Waals surface area contributed by atoms with Crippen molar-refractivity contribution in [3.63, 3.8) is 0 Å². The summed E-state index contributed by atoms with van der Waals surface area (Å²) in [6.45, 7) is 1.14. The van der Waals surface area contributed by atoms with E-state index in [1.54, 1.807) is 0 Å². The molecule has 1 aliphatic rings. The first-order valence-corrected chi connectivity index (χ1v) is 9.26.